The first-order valence-electron chi connectivity index (χ1n) is 7.32. The highest BCUT2D eigenvalue weighted by Gasteiger charge is 2.38. The molecule has 1 heterocycles. The van der Waals surface area contributed by atoms with E-state index in [1.165, 1.54) is 32.6 Å². The minimum Gasteiger partial charge on any atom is -0.316 e. The van der Waals surface area contributed by atoms with E-state index in [1.54, 1.807) is 0 Å². The maximum absolute atomic E-state index is 3.57. The average molecular weight is 240 g/mol. The standard InChI is InChI=1S/C15H32N2/c1-12(2)9-17(14(5)6)11-15(13(3)4)7-8-16-10-15/h12-14,16H,7-11H2,1-6H3. The van der Waals surface area contributed by atoms with Gasteiger partial charge in [0.25, 0.3) is 0 Å². The van der Waals surface area contributed by atoms with Gasteiger partial charge >= 0.3 is 0 Å². The molecule has 1 aliphatic rings. The summed E-state index contributed by atoms with van der Waals surface area (Å²) in [6.07, 6.45) is 1.34. The summed E-state index contributed by atoms with van der Waals surface area (Å²) < 4.78 is 0. The second-order valence-corrected chi connectivity index (χ2v) is 6.86. The van der Waals surface area contributed by atoms with E-state index in [4.69, 9.17) is 0 Å². The lowest BCUT2D eigenvalue weighted by molar-refractivity contribution is 0.0862. The van der Waals surface area contributed by atoms with Crippen LogP contribution in [0.2, 0.25) is 0 Å². The van der Waals surface area contributed by atoms with Crippen LogP contribution in [0.5, 0.6) is 0 Å². The van der Waals surface area contributed by atoms with Crippen molar-refractivity contribution < 1.29 is 0 Å². The summed E-state index contributed by atoms with van der Waals surface area (Å²) in [7, 11) is 0. The van der Waals surface area contributed by atoms with Gasteiger partial charge in [0.2, 0.25) is 0 Å². The zero-order valence-electron chi connectivity index (χ0n) is 12.7. The van der Waals surface area contributed by atoms with Gasteiger partial charge in [-0.2, -0.15) is 0 Å². The van der Waals surface area contributed by atoms with E-state index < -0.39 is 0 Å². The van der Waals surface area contributed by atoms with Gasteiger partial charge in [-0.25, -0.2) is 0 Å². The Bertz CT molecular complexity index is 215. The molecular formula is C15H32N2. The van der Waals surface area contributed by atoms with E-state index in [0.717, 1.165) is 11.8 Å². The van der Waals surface area contributed by atoms with Gasteiger partial charge in [0.1, 0.15) is 0 Å². The number of hydrogen-bond donors (Lipinski definition) is 1. The minimum absolute atomic E-state index is 0.499. The fourth-order valence-corrected chi connectivity index (χ4v) is 2.90. The molecule has 2 heteroatoms. The molecule has 0 aliphatic carbocycles. The van der Waals surface area contributed by atoms with Gasteiger partial charge in [-0.3, -0.25) is 0 Å². The summed E-state index contributed by atoms with van der Waals surface area (Å²) >= 11 is 0. The number of rotatable bonds is 6. The van der Waals surface area contributed by atoms with Crippen LogP contribution in [-0.4, -0.2) is 37.1 Å². The molecule has 0 bridgehead atoms. The topological polar surface area (TPSA) is 15.3 Å². The molecule has 0 aromatic carbocycles. The van der Waals surface area contributed by atoms with Crippen molar-refractivity contribution in [3.05, 3.63) is 0 Å². The Morgan fingerprint density at radius 3 is 2.12 bits per heavy atom. The molecule has 0 aromatic rings. The first kappa shape index (κ1) is 15.0. The maximum atomic E-state index is 3.57. The lowest BCUT2D eigenvalue weighted by Crippen LogP contribution is -2.46. The van der Waals surface area contributed by atoms with E-state index in [9.17, 15) is 0 Å². The van der Waals surface area contributed by atoms with Crippen molar-refractivity contribution >= 4 is 0 Å². The van der Waals surface area contributed by atoms with E-state index in [0.29, 0.717) is 11.5 Å². The Balaban J connectivity index is 2.69. The second kappa shape index (κ2) is 6.19. The summed E-state index contributed by atoms with van der Waals surface area (Å²) in [4.78, 5) is 2.68. The highest BCUT2D eigenvalue weighted by Crippen LogP contribution is 2.35. The van der Waals surface area contributed by atoms with Crippen molar-refractivity contribution in [1.29, 1.82) is 0 Å². The van der Waals surface area contributed by atoms with Gasteiger partial charge < -0.3 is 10.2 Å². The molecule has 1 N–H and O–H groups in total. The predicted molar refractivity (Wildman–Crippen MR) is 76.3 cm³/mol. The molecule has 1 rings (SSSR count). The molecule has 1 atom stereocenters. The van der Waals surface area contributed by atoms with Gasteiger partial charge in [-0.15, -0.1) is 0 Å². The number of nitrogens with one attached hydrogen (secondary N) is 1. The molecule has 1 saturated heterocycles. The fourth-order valence-electron chi connectivity index (χ4n) is 2.90. The molecule has 1 aliphatic heterocycles. The van der Waals surface area contributed by atoms with Gasteiger partial charge in [0.15, 0.2) is 0 Å². The summed E-state index contributed by atoms with van der Waals surface area (Å²) in [6, 6.07) is 0.661. The van der Waals surface area contributed by atoms with Crippen LogP contribution in [0.25, 0.3) is 0 Å². The monoisotopic (exact) mass is 240 g/mol. The molecule has 0 spiro atoms. The molecule has 1 fully saturated rings. The largest absolute Gasteiger partial charge is 0.316 e. The average Bonchev–Trinajstić information content (AvgIpc) is 2.65. The van der Waals surface area contributed by atoms with Crippen LogP contribution in [0.1, 0.15) is 48.0 Å². The van der Waals surface area contributed by atoms with Crippen LogP contribution in [0, 0.1) is 17.3 Å². The smallest absolute Gasteiger partial charge is 0.00559 e. The Hall–Kier alpha value is -0.0800. The molecule has 17 heavy (non-hydrogen) atoms. The quantitative estimate of drug-likeness (QED) is 0.768. The van der Waals surface area contributed by atoms with E-state index in [-0.39, 0.29) is 0 Å². The third-order valence-electron chi connectivity index (χ3n) is 4.35. The SMILES string of the molecule is CC(C)CN(CC1(C(C)C)CCNC1)C(C)C. The summed E-state index contributed by atoms with van der Waals surface area (Å²) in [5, 5.41) is 3.57. The van der Waals surface area contributed by atoms with Crippen LogP contribution >= 0.6 is 0 Å². The zero-order chi connectivity index (χ0) is 13.1. The van der Waals surface area contributed by atoms with Crippen molar-refractivity contribution in [2.45, 2.75) is 54.0 Å². The normalized spacial score (nSPS) is 25.8. The van der Waals surface area contributed by atoms with Crippen molar-refractivity contribution in [3.63, 3.8) is 0 Å². The van der Waals surface area contributed by atoms with Crippen molar-refractivity contribution in [2.24, 2.45) is 17.3 Å². The Labute approximate surface area is 108 Å². The first-order chi connectivity index (χ1) is 7.87. The molecule has 102 valence electrons. The molecule has 1 unspecified atom stereocenters. The molecule has 2 nitrogen and oxygen atoms in total. The third-order valence-corrected chi connectivity index (χ3v) is 4.35. The van der Waals surface area contributed by atoms with Crippen LogP contribution in [-0.2, 0) is 0 Å². The summed E-state index contributed by atoms with van der Waals surface area (Å²) in [6.45, 7) is 19.0. The van der Waals surface area contributed by atoms with Gasteiger partial charge in [-0.05, 0) is 44.1 Å². The predicted octanol–water partition coefficient (Wildman–Crippen LogP) is 2.99. The van der Waals surface area contributed by atoms with Gasteiger partial charge in [-0.1, -0.05) is 27.7 Å². The van der Waals surface area contributed by atoms with Crippen molar-refractivity contribution in [1.82, 2.24) is 10.2 Å². The van der Waals surface area contributed by atoms with Crippen LogP contribution < -0.4 is 5.32 Å². The number of nitrogens with zero attached hydrogens (tertiary/aromatic N) is 1. The number of hydrogen-bond acceptors (Lipinski definition) is 2. The van der Waals surface area contributed by atoms with Gasteiger partial charge in [0, 0.05) is 25.7 Å². The van der Waals surface area contributed by atoms with E-state index >= 15 is 0 Å². The maximum Gasteiger partial charge on any atom is 0.00559 e. The van der Waals surface area contributed by atoms with Gasteiger partial charge in [0.05, 0.1) is 0 Å². The van der Waals surface area contributed by atoms with Crippen molar-refractivity contribution in [2.75, 3.05) is 26.2 Å². The molecule has 0 saturated carbocycles. The van der Waals surface area contributed by atoms with E-state index in [1.807, 2.05) is 0 Å². The summed E-state index contributed by atoms with van der Waals surface area (Å²) in [5.74, 6) is 1.53. The molecule has 0 aromatic heterocycles. The Kier molecular flexibility index (Phi) is 5.46. The highest BCUT2D eigenvalue weighted by molar-refractivity contribution is 4.93. The zero-order valence-corrected chi connectivity index (χ0v) is 12.7. The van der Waals surface area contributed by atoms with Crippen LogP contribution in [0.4, 0.5) is 0 Å². The van der Waals surface area contributed by atoms with Crippen molar-refractivity contribution in [3.8, 4) is 0 Å². The first-order valence-corrected chi connectivity index (χ1v) is 7.32. The third kappa shape index (κ3) is 3.96. The highest BCUT2D eigenvalue weighted by atomic mass is 15.2. The lowest BCUT2D eigenvalue weighted by atomic mass is 9.75. The second-order valence-electron chi connectivity index (χ2n) is 6.86. The molecule has 0 radical (unpaired) electrons. The fraction of sp³-hybridized carbons (Fsp3) is 1.00. The molecular weight excluding hydrogens is 208 g/mol. The van der Waals surface area contributed by atoms with Crippen LogP contribution in [0.15, 0.2) is 0 Å². The summed E-state index contributed by atoms with van der Waals surface area (Å²) in [5.41, 5.74) is 0.499. The Morgan fingerprint density at radius 1 is 1.12 bits per heavy atom. The van der Waals surface area contributed by atoms with E-state index in [2.05, 4.69) is 51.8 Å². The molecule has 0 amide bonds. The minimum atomic E-state index is 0.499. The van der Waals surface area contributed by atoms with Crippen LogP contribution in [0.3, 0.4) is 0 Å². The Morgan fingerprint density at radius 2 is 1.76 bits per heavy atom. The lowest BCUT2D eigenvalue weighted by Gasteiger charge is -2.40.